The predicted octanol–water partition coefficient (Wildman–Crippen LogP) is 3.64. The molecule has 0 amide bonds. The number of nitrogens with one attached hydrogen (secondary N) is 1. The molecule has 0 aliphatic carbocycles. The summed E-state index contributed by atoms with van der Waals surface area (Å²) in [6.45, 7) is 7.19. The lowest BCUT2D eigenvalue weighted by Gasteiger charge is -2.30. The maximum Gasteiger partial charge on any atom is 0.285 e. The molecule has 1 saturated heterocycles. The molecule has 1 fully saturated rings. The molecule has 5 heteroatoms. The Morgan fingerprint density at radius 3 is 2.43 bits per heavy atom. The van der Waals surface area contributed by atoms with E-state index in [1.165, 1.54) is 0 Å². The number of hydrogen-bond acceptors (Lipinski definition) is 3. The normalized spacial score (nSPS) is 22.4. The van der Waals surface area contributed by atoms with E-state index in [4.69, 9.17) is 26.5 Å². The number of benzene rings is 1. The molecule has 1 N–H and O–H groups in total. The topological polar surface area (TPSA) is 45.5 Å². The quantitative estimate of drug-likeness (QED) is 0.670. The van der Waals surface area contributed by atoms with Gasteiger partial charge in [0.25, 0.3) is 6.02 Å². The van der Waals surface area contributed by atoms with E-state index in [1.807, 2.05) is 49.9 Å². The molecule has 1 atom stereocenters. The minimum absolute atomic E-state index is 0.204. The summed E-state index contributed by atoms with van der Waals surface area (Å²) in [5, 5.41) is 8.83. The van der Waals surface area contributed by atoms with Crippen LogP contribution in [0.3, 0.4) is 0 Å². The highest BCUT2D eigenvalue weighted by molar-refractivity contribution is 6.30. The minimum atomic E-state index is -0.405. The van der Waals surface area contributed by atoms with Gasteiger partial charge in [0, 0.05) is 25.1 Å². The highest BCUT2D eigenvalue weighted by Crippen LogP contribution is 2.36. The maximum atomic E-state index is 8.12. The van der Waals surface area contributed by atoms with Crippen LogP contribution in [0.25, 0.3) is 0 Å². The van der Waals surface area contributed by atoms with Gasteiger partial charge in [-0.3, -0.25) is 5.41 Å². The molecule has 0 radical (unpaired) electrons. The smallest absolute Gasteiger partial charge is 0.285 e. The third kappa shape index (κ3) is 3.69. The first-order chi connectivity index (χ1) is 9.76. The average Bonchev–Trinajstić information content (AvgIpc) is 2.83. The Bertz CT molecular complexity index is 510. The highest BCUT2D eigenvalue weighted by atomic mass is 35.5. The van der Waals surface area contributed by atoms with Gasteiger partial charge in [-0.15, -0.1) is 0 Å². The zero-order valence-electron chi connectivity index (χ0n) is 13.1. The van der Waals surface area contributed by atoms with Crippen molar-refractivity contribution < 1.29 is 9.47 Å². The number of hydrogen-bond donors (Lipinski definition) is 1. The monoisotopic (exact) mass is 310 g/mol. The third-order valence-corrected chi connectivity index (χ3v) is 3.93. The van der Waals surface area contributed by atoms with Gasteiger partial charge < -0.3 is 14.4 Å². The first kappa shape index (κ1) is 16.1. The van der Waals surface area contributed by atoms with E-state index in [-0.39, 0.29) is 11.6 Å². The number of amidine groups is 1. The van der Waals surface area contributed by atoms with Gasteiger partial charge in [0.1, 0.15) is 11.2 Å². The molecule has 0 bridgehead atoms. The second-order valence-electron chi connectivity index (χ2n) is 6.40. The number of nitrogens with zero attached hydrogens (tertiary/aromatic N) is 1. The zero-order valence-corrected chi connectivity index (χ0v) is 13.8. The Hall–Kier alpha value is -1.26. The molecule has 1 unspecified atom stereocenters. The molecule has 2 rings (SSSR count). The lowest BCUT2D eigenvalue weighted by atomic mass is 9.93. The van der Waals surface area contributed by atoms with E-state index in [0.29, 0.717) is 11.6 Å². The lowest BCUT2D eigenvalue weighted by Crippen LogP contribution is -2.39. The van der Waals surface area contributed by atoms with E-state index in [9.17, 15) is 0 Å². The van der Waals surface area contributed by atoms with Crippen LogP contribution in [0.2, 0.25) is 5.02 Å². The van der Waals surface area contributed by atoms with Gasteiger partial charge in [0.2, 0.25) is 0 Å². The summed E-state index contributed by atoms with van der Waals surface area (Å²) in [5.41, 5.74) is 0.314. The largest absolute Gasteiger partial charge is 0.460 e. The van der Waals surface area contributed by atoms with Crippen LogP contribution in [0.4, 0.5) is 0 Å². The fourth-order valence-corrected chi connectivity index (χ4v) is 2.71. The Labute approximate surface area is 131 Å². The van der Waals surface area contributed by atoms with Crippen molar-refractivity contribution in [2.45, 2.75) is 38.4 Å². The predicted molar refractivity (Wildman–Crippen MR) is 84.9 cm³/mol. The molecule has 4 nitrogen and oxygen atoms in total. The minimum Gasteiger partial charge on any atom is -0.460 e. The first-order valence-electron chi connectivity index (χ1n) is 7.09. The van der Waals surface area contributed by atoms with Gasteiger partial charge in [0.15, 0.2) is 0 Å². The van der Waals surface area contributed by atoms with Crippen molar-refractivity contribution in [3.63, 3.8) is 0 Å². The average molecular weight is 311 g/mol. The molecule has 21 heavy (non-hydrogen) atoms. The summed E-state index contributed by atoms with van der Waals surface area (Å²) < 4.78 is 11.4. The fraction of sp³-hybridized carbons (Fsp3) is 0.562. The molecular weight excluding hydrogens is 288 g/mol. The van der Waals surface area contributed by atoms with Gasteiger partial charge in [-0.1, -0.05) is 23.7 Å². The molecule has 116 valence electrons. The maximum absolute atomic E-state index is 8.12. The molecule has 0 aromatic heterocycles. The van der Waals surface area contributed by atoms with Crippen molar-refractivity contribution in [3.8, 4) is 0 Å². The van der Waals surface area contributed by atoms with Crippen molar-refractivity contribution in [3.05, 3.63) is 34.9 Å². The van der Waals surface area contributed by atoms with Crippen LogP contribution in [0.15, 0.2) is 24.3 Å². The van der Waals surface area contributed by atoms with Crippen molar-refractivity contribution in [1.29, 1.82) is 5.41 Å². The van der Waals surface area contributed by atoms with Gasteiger partial charge in [-0.05, 0) is 38.5 Å². The molecule has 0 spiro atoms. The Balaban J connectivity index is 2.14. The number of methoxy groups -OCH3 is 1. The lowest BCUT2D eigenvalue weighted by molar-refractivity contribution is -0.00508. The molecule has 1 aliphatic rings. The third-order valence-electron chi connectivity index (χ3n) is 3.68. The van der Waals surface area contributed by atoms with Crippen LogP contribution in [0.5, 0.6) is 0 Å². The van der Waals surface area contributed by atoms with Gasteiger partial charge in [-0.25, -0.2) is 0 Å². The van der Waals surface area contributed by atoms with Crippen molar-refractivity contribution in [2.24, 2.45) is 0 Å². The van der Waals surface area contributed by atoms with E-state index >= 15 is 0 Å². The van der Waals surface area contributed by atoms with E-state index in [2.05, 4.69) is 0 Å². The summed E-state index contributed by atoms with van der Waals surface area (Å²) >= 11 is 5.95. The standard InChI is InChI=1S/C16H23ClN2O2/c1-15(2,3)21-14(18)19-10-9-16(11-19,20-4)12-5-7-13(17)8-6-12/h5-8,18H,9-11H2,1-4H3. The van der Waals surface area contributed by atoms with Gasteiger partial charge >= 0.3 is 0 Å². The van der Waals surface area contributed by atoms with Crippen molar-refractivity contribution >= 4 is 17.6 Å². The summed E-state index contributed by atoms with van der Waals surface area (Å²) in [6, 6.07) is 7.93. The number of ether oxygens (including phenoxy) is 2. The Morgan fingerprint density at radius 1 is 1.29 bits per heavy atom. The Morgan fingerprint density at radius 2 is 1.90 bits per heavy atom. The van der Waals surface area contributed by atoms with Crippen LogP contribution < -0.4 is 0 Å². The molecular formula is C16H23ClN2O2. The van der Waals surface area contributed by atoms with Crippen LogP contribution >= 0.6 is 11.6 Å². The fourth-order valence-electron chi connectivity index (χ4n) is 2.58. The summed E-state index contributed by atoms with van der Waals surface area (Å²) in [4.78, 5) is 1.92. The first-order valence-corrected chi connectivity index (χ1v) is 7.47. The number of likely N-dealkylation sites (tertiary alicyclic amines) is 1. The summed E-state index contributed by atoms with van der Waals surface area (Å²) in [6.07, 6.45) is 0.820. The molecule has 1 aromatic rings. The molecule has 1 aromatic carbocycles. The van der Waals surface area contributed by atoms with Crippen LogP contribution in [-0.2, 0) is 15.1 Å². The van der Waals surface area contributed by atoms with Gasteiger partial charge in [-0.2, -0.15) is 0 Å². The van der Waals surface area contributed by atoms with Gasteiger partial charge in [0.05, 0.1) is 6.54 Å². The van der Waals surface area contributed by atoms with Crippen molar-refractivity contribution in [1.82, 2.24) is 4.90 Å². The second-order valence-corrected chi connectivity index (χ2v) is 6.83. The van der Waals surface area contributed by atoms with E-state index in [1.54, 1.807) is 7.11 Å². The summed E-state index contributed by atoms with van der Waals surface area (Å²) in [5.74, 6) is 0. The van der Waals surface area contributed by atoms with Crippen molar-refractivity contribution in [2.75, 3.05) is 20.2 Å². The molecule has 0 saturated carbocycles. The molecule has 1 aliphatic heterocycles. The van der Waals surface area contributed by atoms with Crippen LogP contribution in [0.1, 0.15) is 32.8 Å². The SMILES string of the molecule is COC1(c2ccc(Cl)cc2)CCN(C(=N)OC(C)(C)C)C1. The summed E-state index contributed by atoms with van der Waals surface area (Å²) in [7, 11) is 1.71. The second kappa shape index (κ2) is 5.85. The van der Waals surface area contributed by atoms with E-state index < -0.39 is 5.60 Å². The number of halogens is 1. The Kier molecular flexibility index (Phi) is 4.49. The highest BCUT2D eigenvalue weighted by Gasteiger charge is 2.41. The number of rotatable bonds is 2. The van der Waals surface area contributed by atoms with Crippen LogP contribution in [-0.4, -0.2) is 36.7 Å². The van der Waals surface area contributed by atoms with E-state index in [0.717, 1.165) is 18.5 Å². The molecule has 1 heterocycles. The zero-order chi connectivity index (χ0) is 15.7. The van der Waals surface area contributed by atoms with Crippen LogP contribution in [0, 0.1) is 5.41 Å².